The quantitative estimate of drug-likeness (QED) is 0.710. The highest BCUT2D eigenvalue weighted by Gasteiger charge is 2.32. The van der Waals surface area contributed by atoms with Crippen molar-refractivity contribution in [1.82, 2.24) is 16.5 Å². The number of benzene rings is 2. The Morgan fingerprint density at radius 1 is 1.00 bits per heavy atom. The number of hydrazine groups is 1. The molecule has 0 aliphatic carbocycles. The number of hydrogen-bond donors (Lipinski definition) is 3. The van der Waals surface area contributed by atoms with Crippen LogP contribution in [0.1, 0.15) is 24.8 Å². The lowest BCUT2D eigenvalue weighted by Crippen LogP contribution is -2.51. The maximum absolute atomic E-state index is 6.46. The van der Waals surface area contributed by atoms with E-state index >= 15 is 0 Å². The Hall–Kier alpha value is -2.45. The number of rotatable bonds is 6. The van der Waals surface area contributed by atoms with Crippen LogP contribution >= 0.6 is 0 Å². The monoisotopic (exact) mass is 382 g/mol. The Morgan fingerprint density at radius 2 is 1.71 bits per heavy atom. The van der Waals surface area contributed by atoms with Crippen molar-refractivity contribution >= 4 is 12.0 Å². The van der Waals surface area contributed by atoms with Crippen molar-refractivity contribution < 1.29 is 4.74 Å². The van der Waals surface area contributed by atoms with E-state index in [0.29, 0.717) is 6.61 Å². The average molecular weight is 383 g/mol. The number of likely N-dealkylation sites (tertiary alicyclic amines) is 1. The van der Waals surface area contributed by atoms with Gasteiger partial charge in [-0.2, -0.15) is 5.43 Å². The smallest absolute Gasteiger partial charge is 0.207 e. The second kappa shape index (κ2) is 9.16. The molecule has 1 unspecified atom stereocenters. The van der Waals surface area contributed by atoms with Crippen LogP contribution in [0.5, 0.6) is 5.75 Å². The third-order valence-corrected chi connectivity index (χ3v) is 5.12. The molecule has 0 saturated carbocycles. The molecule has 7 heteroatoms. The molecule has 0 bridgehead atoms. The first-order chi connectivity index (χ1) is 13.2. The van der Waals surface area contributed by atoms with E-state index in [1.54, 1.807) is 6.34 Å². The molecule has 28 heavy (non-hydrogen) atoms. The lowest BCUT2D eigenvalue weighted by molar-refractivity contribution is 0.183. The van der Waals surface area contributed by atoms with Gasteiger partial charge >= 0.3 is 0 Å². The van der Waals surface area contributed by atoms with E-state index in [4.69, 9.17) is 10.5 Å². The largest absolute Gasteiger partial charge is 0.492 e. The maximum Gasteiger partial charge on any atom is 0.207 e. The molecule has 150 valence electrons. The Morgan fingerprint density at radius 3 is 2.43 bits per heavy atom. The van der Waals surface area contributed by atoms with Gasteiger partial charge in [-0.05, 0) is 50.2 Å². The van der Waals surface area contributed by atoms with Crippen LogP contribution in [0.4, 0.5) is 5.69 Å². The summed E-state index contributed by atoms with van der Waals surface area (Å²) in [4.78, 5) is 6.94. The minimum atomic E-state index is -0.970. The molecule has 4 rings (SSSR count). The van der Waals surface area contributed by atoms with Crippen LogP contribution in [0.15, 0.2) is 59.6 Å². The highest BCUT2D eigenvalue weighted by atomic mass is 16.5. The Kier molecular flexibility index (Phi) is 6.64. The standard InChI is InChI=1S/C21H27N5O.H3N/c22-21(23-17-26(24-21)19-7-3-1-4-8-19)18-9-11-20(12-10-18)27-16-15-25-13-5-2-6-14-25;/h1,3-4,7-12,17,24H,2,5-6,13-16,22H2;1H3. The number of nitrogens with two attached hydrogens (primary N) is 1. The summed E-state index contributed by atoms with van der Waals surface area (Å²) in [6, 6.07) is 17.8. The first-order valence-corrected chi connectivity index (χ1v) is 9.65. The number of piperidine rings is 1. The molecule has 0 radical (unpaired) electrons. The van der Waals surface area contributed by atoms with Gasteiger partial charge in [0.15, 0.2) is 0 Å². The lowest BCUT2D eigenvalue weighted by atomic mass is 10.1. The summed E-state index contributed by atoms with van der Waals surface area (Å²) in [7, 11) is 0. The van der Waals surface area contributed by atoms with Crippen LogP contribution in [0, 0.1) is 0 Å². The van der Waals surface area contributed by atoms with Crippen LogP contribution in [0.3, 0.4) is 0 Å². The molecule has 1 fully saturated rings. The van der Waals surface area contributed by atoms with E-state index in [-0.39, 0.29) is 6.15 Å². The highest BCUT2D eigenvalue weighted by Crippen LogP contribution is 2.25. The van der Waals surface area contributed by atoms with Gasteiger partial charge < -0.3 is 10.9 Å². The second-order valence-corrected chi connectivity index (χ2v) is 7.10. The van der Waals surface area contributed by atoms with Gasteiger partial charge in [-0.25, -0.2) is 4.99 Å². The minimum Gasteiger partial charge on any atom is -0.492 e. The predicted molar refractivity (Wildman–Crippen MR) is 114 cm³/mol. The van der Waals surface area contributed by atoms with Crippen LogP contribution in [0.2, 0.25) is 0 Å². The SMILES string of the molecule is N.NC1(c2ccc(OCCN3CCCCC3)cc2)N=CN(c2ccccc2)N1. The molecule has 1 atom stereocenters. The number of nitrogens with zero attached hydrogens (tertiary/aromatic N) is 3. The number of para-hydroxylation sites is 1. The fourth-order valence-electron chi connectivity index (χ4n) is 3.53. The summed E-state index contributed by atoms with van der Waals surface area (Å²) >= 11 is 0. The average Bonchev–Trinajstić information content (AvgIpc) is 3.13. The zero-order valence-corrected chi connectivity index (χ0v) is 16.3. The molecule has 2 heterocycles. The molecule has 0 spiro atoms. The first kappa shape index (κ1) is 20.3. The summed E-state index contributed by atoms with van der Waals surface area (Å²) in [6.45, 7) is 4.09. The second-order valence-electron chi connectivity index (χ2n) is 7.10. The molecule has 7 nitrogen and oxygen atoms in total. The lowest BCUT2D eigenvalue weighted by Gasteiger charge is -2.26. The zero-order valence-electron chi connectivity index (χ0n) is 16.3. The zero-order chi connectivity index (χ0) is 18.5. The van der Waals surface area contributed by atoms with Crippen molar-refractivity contribution in [1.29, 1.82) is 0 Å². The Balaban J connectivity index is 0.00000225. The molecule has 1 saturated heterocycles. The summed E-state index contributed by atoms with van der Waals surface area (Å²) in [5, 5.41) is 1.84. The van der Waals surface area contributed by atoms with Gasteiger partial charge in [-0.3, -0.25) is 15.6 Å². The third-order valence-electron chi connectivity index (χ3n) is 5.12. The van der Waals surface area contributed by atoms with Crippen LogP contribution in [-0.2, 0) is 5.79 Å². The fourth-order valence-corrected chi connectivity index (χ4v) is 3.53. The molecule has 2 aromatic carbocycles. The third kappa shape index (κ3) is 4.69. The number of aliphatic imine (C=N–C) groups is 1. The van der Waals surface area contributed by atoms with Crippen molar-refractivity contribution in [3.05, 3.63) is 60.2 Å². The van der Waals surface area contributed by atoms with Crippen LogP contribution in [-0.4, -0.2) is 37.5 Å². The number of nitrogens with one attached hydrogen (secondary N) is 1. The van der Waals surface area contributed by atoms with Gasteiger partial charge in [0.05, 0.1) is 5.69 Å². The van der Waals surface area contributed by atoms with Crippen molar-refractivity contribution in [3.63, 3.8) is 0 Å². The van der Waals surface area contributed by atoms with Gasteiger partial charge in [-0.1, -0.05) is 36.8 Å². The van der Waals surface area contributed by atoms with Gasteiger partial charge in [0.2, 0.25) is 5.79 Å². The van der Waals surface area contributed by atoms with E-state index in [1.807, 2.05) is 59.6 Å². The molecule has 2 aliphatic heterocycles. The topological polar surface area (TPSA) is 101 Å². The summed E-state index contributed by atoms with van der Waals surface area (Å²) < 4.78 is 5.90. The highest BCUT2D eigenvalue weighted by molar-refractivity contribution is 5.80. The van der Waals surface area contributed by atoms with E-state index in [0.717, 1.165) is 23.5 Å². The maximum atomic E-state index is 6.46. The Bertz CT molecular complexity index is 760. The predicted octanol–water partition coefficient (Wildman–Crippen LogP) is 2.84. The molecule has 6 N–H and O–H groups in total. The minimum absolute atomic E-state index is 0. The van der Waals surface area contributed by atoms with Gasteiger partial charge in [0.25, 0.3) is 0 Å². The molecule has 0 amide bonds. The Labute approximate surface area is 166 Å². The van der Waals surface area contributed by atoms with Gasteiger partial charge in [0.1, 0.15) is 18.7 Å². The summed E-state index contributed by atoms with van der Waals surface area (Å²) in [6.07, 6.45) is 5.69. The molecule has 2 aromatic rings. The molecular formula is C21H30N6O. The van der Waals surface area contributed by atoms with Crippen LogP contribution < -0.4 is 27.1 Å². The van der Waals surface area contributed by atoms with E-state index < -0.39 is 5.79 Å². The van der Waals surface area contributed by atoms with Crippen molar-refractivity contribution in [3.8, 4) is 5.75 Å². The van der Waals surface area contributed by atoms with E-state index in [9.17, 15) is 0 Å². The molecule has 2 aliphatic rings. The van der Waals surface area contributed by atoms with Gasteiger partial charge in [-0.15, -0.1) is 0 Å². The first-order valence-electron chi connectivity index (χ1n) is 9.65. The number of ether oxygens (including phenoxy) is 1. The van der Waals surface area contributed by atoms with E-state index in [2.05, 4.69) is 15.3 Å². The normalized spacial score (nSPS) is 22.1. The van der Waals surface area contributed by atoms with E-state index in [1.165, 1.54) is 32.4 Å². The van der Waals surface area contributed by atoms with Crippen molar-refractivity contribution in [2.24, 2.45) is 10.7 Å². The fraction of sp³-hybridized carbons (Fsp3) is 0.381. The van der Waals surface area contributed by atoms with Crippen molar-refractivity contribution in [2.75, 3.05) is 31.3 Å². The van der Waals surface area contributed by atoms with Crippen molar-refractivity contribution in [2.45, 2.75) is 25.0 Å². The van der Waals surface area contributed by atoms with Gasteiger partial charge in [0, 0.05) is 12.1 Å². The molecule has 0 aromatic heterocycles. The molecular weight excluding hydrogens is 352 g/mol. The summed E-state index contributed by atoms with van der Waals surface area (Å²) in [5.41, 5.74) is 11.6. The number of anilines is 1. The number of hydrogen-bond acceptors (Lipinski definition) is 7. The summed E-state index contributed by atoms with van der Waals surface area (Å²) in [5.74, 6) is -0.108. The van der Waals surface area contributed by atoms with Crippen LogP contribution in [0.25, 0.3) is 0 Å².